The first kappa shape index (κ1) is 12.0. The minimum Gasteiger partial charge on any atom is -0.271 e. The molecule has 0 saturated heterocycles. The minimum absolute atomic E-state index is 0.210. The number of halogens is 1. The summed E-state index contributed by atoms with van der Waals surface area (Å²) in [4.78, 5) is 4.08. The molecule has 2 aromatic rings. The Balaban J connectivity index is 2.45. The van der Waals surface area contributed by atoms with Crippen LogP contribution in [0, 0.1) is 0 Å². The van der Waals surface area contributed by atoms with E-state index in [2.05, 4.69) is 15.5 Å². The van der Waals surface area contributed by atoms with Crippen molar-refractivity contribution in [2.24, 2.45) is 5.84 Å². The number of aromatic nitrogens is 3. The molecule has 1 unspecified atom stereocenters. The van der Waals surface area contributed by atoms with E-state index in [-0.39, 0.29) is 6.04 Å². The molecule has 1 atom stereocenters. The largest absolute Gasteiger partial charge is 0.271 e. The van der Waals surface area contributed by atoms with Crippen LogP contribution in [0.5, 0.6) is 0 Å². The summed E-state index contributed by atoms with van der Waals surface area (Å²) in [7, 11) is 0. The Bertz CT molecular complexity index is 482. The molecule has 2 aromatic heterocycles. The zero-order valence-electron chi connectivity index (χ0n) is 9.47. The quantitative estimate of drug-likeness (QED) is 0.638. The van der Waals surface area contributed by atoms with Crippen LogP contribution in [-0.2, 0) is 6.54 Å². The van der Waals surface area contributed by atoms with E-state index in [1.807, 2.05) is 23.7 Å². The third-order valence-electron chi connectivity index (χ3n) is 2.59. The van der Waals surface area contributed by atoms with Crippen LogP contribution in [0.2, 0.25) is 5.02 Å². The molecule has 17 heavy (non-hydrogen) atoms. The number of nitrogens with zero attached hydrogens (tertiary/aromatic N) is 3. The highest BCUT2D eigenvalue weighted by Crippen LogP contribution is 2.27. The zero-order valence-corrected chi connectivity index (χ0v) is 10.2. The van der Waals surface area contributed by atoms with Crippen molar-refractivity contribution < 1.29 is 0 Å². The second kappa shape index (κ2) is 5.27. The fourth-order valence-electron chi connectivity index (χ4n) is 1.79. The van der Waals surface area contributed by atoms with E-state index in [1.165, 1.54) is 0 Å². The minimum atomic E-state index is -0.210. The van der Waals surface area contributed by atoms with Gasteiger partial charge in [-0.3, -0.25) is 15.5 Å². The summed E-state index contributed by atoms with van der Waals surface area (Å²) in [6.45, 7) is 2.74. The molecule has 90 valence electrons. The normalized spacial score (nSPS) is 12.6. The maximum Gasteiger partial charge on any atom is 0.0908 e. The van der Waals surface area contributed by atoms with Crippen LogP contribution in [0.1, 0.15) is 24.2 Å². The van der Waals surface area contributed by atoms with Crippen LogP contribution in [-0.4, -0.2) is 14.8 Å². The van der Waals surface area contributed by atoms with E-state index in [0.29, 0.717) is 5.02 Å². The van der Waals surface area contributed by atoms with Gasteiger partial charge in [-0.05, 0) is 18.6 Å². The van der Waals surface area contributed by atoms with Crippen LogP contribution >= 0.6 is 11.6 Å². The number of nitrogens with two attached hydrogens (primary N) is 1. The van der Waals surface area contributed by atoms with Gasteiger partial charge in [0, 0.05) is 18.9 Å². The second-order valence-corrected chi connectivity index (χ2v) is 3.99. The fourth-order valence-corrected chi connectivity index (χ4v) is 2.04. The third-order valence-corrected chi connectivity index (χ3v) is 2.88. The number of hydrogen-bond donors (Lipinski definition) is 2. The summed E-state index contributed by atoms with van der Waals surface area (Å²) < 4.78 is 1.82. The molecule has 0 aromatic carbocycles. The first-order chi connectivity index (χ1) is 8.27. The molecule has 0 spiro atoms. The molecular weight excluding hydrogens is 238 g/mol. The van der Waals surface area contributed by atoms with Crippen LogP contribution in [0.3, 0.4) is 0 Å². The predicted octanol–water partition coefficient (Wildman–Crippen LogP) is 1.50. The predicted molar refractivity (Wildman–Crippen MR) is 66.3 cm³/mol. The van der Waals surface area contributed by atoms with E-state index < -0.39 is 0 Å². The van der Waals surface area contributed by atoms with E-state index >= 15 is 0 Å². The summed E-state index contributed by atoms with van der Waals surface area (Å²) in [6.07, 6.45) is 5.10. The third kappa shape index (κ3) is 2.31. The molecule has 3 N–H and O–H groups in total. The van der Waals surface area contributed by atoms with Gasteiger partial charge in [-0.15, -0.1) is 0 Å². The molecule has 0 radical (unpaired) electrons. The van der Waals surface area contributed by atoms with E-state index in [4.69, 9.17) is 17.4 Å². The van der Waals surface area contributed by atoms with Gasteiger partial charge in [-0.2, -0.15) is 5.10 Å². The first-order valence-electron chi connectivity index (χ1n) is 5.35. The van der Waals surface area contributed by atoms with Gasteiger partial charge >= 0.3 is 0 Å². The van der Waals surface area contributed by atoms with Crippen LogP contribution < -0.4 is 11.3 Å². The van der Waals surface area contributed by atoms with Gasteiger partial charge in [-0.1, -0.05) is 17.7 Å². The van der Waals surface area contributed by atoms with Crippen molar-refractivity contribution in [2.75, 3.05) is 0 Å². The maximum atomic E-state index is 6.15. The van der Waals surface area contributed by atoms with Gasteiger partial charge < -0.3 is 0 Å². The van der Waals surface area contributed by atoms with E-state index in [9.17, 15) is 0 Å². The average Bonchev–Trinajstić information content (AvgIpc) is 2.74. The molecule has 6 heteroatoms. The van der Waals surface area contributed by atoms with Crippen molar-refractivity contribution in [2.45, 2.75) is 19.5 Å². The fraction of sp³-hybridized carbons (Fsp3) is 0.273. The topological polar surface area (TPSA) is 68.8 Å². The van der Waals surface area contributed by atoms with E-state index in [1.54, 1.807) is 18.6 Å². The lowest BCUT2D eigenvalue weighted by molar-refractivity contribution is 0.542. The van der Waals surface area contributed by atoms with Crippen LogP contribution in [0.4, 0.5) is 0 Å². The number of rotatable bonds is 4. The number of nitrogens with one attached hydrogen (secondary N) is 1. The van der Waals surface area contributed by atoms with Crippen LogP contribution in [0.15, 0.2) is 30.7 Å². The molecule has 5 nitrogen and oxygen atoms in total. The Morgan fingerprint density at radius 2 is 2.35 bits per heavy atom. The second-order valence-electron chi connectivity index (χ2n) is 3.58. The summed E-state index contributed by atoms with van der Waals surface area (Å²) in [5, 5.41) is 4.79. The van der Waals surface area contributed by atoms with Crippen molar-refractivity contribution in [1.29, 1.82) is 0 Å². The van der Waals surface area contributed by atoms with Crippen LogP contribution in [0.25, 0.3) is 0 Å². The summed E-state index contributed by atoms with van der Waals surface area (Å²) >= 11 is 6.15. The van der Waals surface area contributed by atoms with Gasteiger partial charge in [0.25, 0.3) is 0 Å². The monoisotopic (exact) mass is 251 g/mol. The SMILES string of the molecule is CCn1ncc(Cl)c1C(NN)c1cccnc1. The Labute approximate surface area is 105 Å². The zero-order chi connectivity index (χ0) is 12.3. The van der Waals surface area contributed by atoms with Gasteiger partial charge in [0.1, 0.15) is 0 Å². The Morgan fingerprint density at radius 3 is 2.94 bits per heavy atom. The van der Waals surface area contributed by atoms with Gasteiger partial charge in [0.05, 0.1) is 23.0 Å². The summed E-state index contributed by atoms with van der Waals surface area (Å²) in [6, 6.07) is 3.60. The molecular formula is C11H14ClN5. The molecule has 0 aliphatic rings. The van der Waals surface area contributed by atoms with Crippen molar-refractivity contribution in [1.82, 2.24) is 20.2 Å². The molecule has 0 aliphatic heterocycles. The Hall–Kier alpha value is -1.43. The maximum absolute atomic E-state index is 6.15. The molecule has 0 aliphatic carbocycles. The van der Waals surface area contributed by atoms with Crippen molar-refractivity contribution in [3.8, 4) is 0 Å². The number of pyridine rings is 1. The molecule has 2 heterocycles. The van der Waals surface area contributed by atoms with Gasteiger partial charge in [-0.25, -0.2) is 5.43 Å². The molecule has 0 fully saturated rings. The molecule has 2 rings (SSSR count). The Morgan fingerprint density at radius 1 is 1.53 bits per heavy atom. The van der Waals surface area contributed by atoms with Crippen molar-refractivity contribution in [3.05, 3.63) is 47.0 Å². The standard InChI is InChI=1S/C11H14ClN5/c1-2-17-11(9(12)7-15-17)10(16-13)8-4-3-5-14-6-8/h3-7,10,16H,2,13H2,1H3. The number of aryl methyl sites for hydroxylation is 1. The first-order valence-corrected chi connectivity index (χ1v) is 5.73. The van der Waals surface area contributed by atoms with Crippen molar-refractivity contribution >= 4 is 11.6 Å². The lowest BCUT2D eigenvalue weighted by atomic mass is 10.1. The molecule has 0 amide bonds. The molecule has 0 saturated carbocycles. The Kier molecular flexibility index (Phi) is 3.73. The summed E-state index contributed by atoms with van der Waals surface area (Å²) in [5.74, 6) is 5.61. The summed E-state index contributed by atoms with van der Waals surface area (Å²) in [5.41, 5.74) is 4.55. The van der Waals surface area contributed by atoms with Gasteiger partial charge in [0.2, 0.25) is 0 Å². The molecule has 0 bridgehead atoms. The van der Waals surface area contributed by atoms with E-state index in [0.717, 1.165) is 17.8 Å². The highest BCUT2D eigenvalue weighted by Gasteiger charge is 2.20. The van der Waals surface area contributed by atoms with Gasteiger partial charge in [0.15, 0.2) is 0 Å². The lowest BCUT2D eigenvalue weighted by Crippen LogP contribution is -2.31. The highest BCUT2D eigenvalue weighted by atomic mass is 35.5. The lowest BCUT2D eigenvalue weighted by Gasteiger charge is -2.17. The number of hydrogen-bond acceptors (Lipinski definition) is 4. The highest BCUT2D eigenvalue weighted by molar-refractivity contribution is 6.31. The number of hydrazine groups is 1. The van der Waals surface area contributed by atoms with Crippen molar-refractivity contribution in [3.63, 3.8) is 0 Å². The smallest absolute Gasteiger partial charge is 0.0908 e. The average molecular weight is 252 g/mol.